The first-order chi connectivity index (χ1) is 11.5. The Morgan fingerprint density at radius 1 is 1.21 bits per heavy atom. The van der Waals surface area contributed by atoms with Gasteiger partial charge >= 0.3 is 0 Å². The lowest BCUT2D eigenvalue weighted by molar-refractivity contribution is 0.278. The van der Waals surface area contributed by atoms with Gasteiger partial charge in [0.1, 0.15) is 10.7 Å². The van der Waals surface area contributed by atoms with E-state index in [0.717, 1.165) is 17.7 Å². The van der Waals surface area contributed by atoms with E-state index < -0.39 is 26.8 Å². The number of nitrogens with zero attached hydrogens (tertiary/aromatic N) is 1. The lowest BCUT2D eigenvalue weighted by Gasteiger charge is -2.19. The zero-order valence-electron chi connectivity index (χ0n) is 12.8. The highest BCUT2D eigenvalue weighted by atomic mass is 32.2. The van der Waals surface area contributed by atoms with Crippen molar-refractivity contribution in [3.8, 4) is 6.07 Å². The van der Waals surface area contributed by atoms with Gasteiger partial charge in [-0.15, -0.1) is 0 Å². The molecule has 0 saturated heterocycles. The fourth-order valence-corrected chi connectivity index (χ4v) is 3.63. The standard InChI is InChI=1S/C17H17FN2O3S/c18-15-11-13(12-19)8-9-17(15)24(22,23)20-16(7-4-10-21)14-5-2-1-3-6-14/h1-3,5-6,8-9,11,16,20-21H,4,7,10H2. The third-order valence-corrected chi connectivity index (χ3v) is 5.01. The monoisotopic (exact) mass is 348 g/mol. The van der Waals surface area contributed by atoms with Crippen LogP contribution in [0.4, 0.5) is 4.39 Å². The fourth-order valence-electron chi connectivity index (χ4n) is 2.31. The van der Waals surface area contributed by atoms with Gasteiger partial charge in [-0.1, -0.05) is 30.3 Å². The second-order valence-corrected chi connectivity index (χ2v) is 6.89. The van der Waals surface area contributed by atoms with Crippen LogP contribution >= 0.6 is 0 Å². The van der Waals surface area contributed by atoms with E-state index in [1.165, 1.54) is 6.07 Å². The van der Waals surface area contributed by atoms with Gasteiger partial charge < -0.3 is 5.11 Å². The SMILES string of the molecule is N#Cc1ccc(S(=O)(=O)NC(CCCO)c2ccccc2)c(F)c1. The molecule has 1 atom stereocenters. The van der Waals surface area contributed by atoms with Gasteiger partial charge in [-0.05, 0) is 36.6 Å². The molecule has 0 aliphatic carbocycles. The van der Waals surface area contributed by atoms with E-state index in [-0.39, 0.29) is 12.2 Å². The molecule has 0 aromatic heterocycles. The van der Waals surface area contributed by atoms with Crippen LogP contribution < -0.4 is 4.72 Å². The Morgan fingerprint density at radius 2 is 1.92 bits per heavy atom. The first-order valence-electron chi connectivity index (χ1n) is 7.35. The Balaban J connectivity index is 2.32. The van der Waals surface area contributed by atoms with E-state index in [1.807, 2.05) is 0 Å². The lowest BCUT2D eigenvalue weighted by Crippen LogP contribution is -2.29. The molecule has 0 aliphatic rings. The van der Waals surface area contributed by atoms with Gasteiger partial charge in [-0.2, -0.15) is 5.26 Å². The molecule has 24 heavy (non-hydrogen) atoms. The van der Waals surface area contributed by atoms with Gasteiger partial charge in [0.15, 0.2) is 0 Å². The predicted octanol–water partition coefficient (Wildman–Crippen LogP) is 2.49. The number of rotatable bonds is 7. The first-order valence-corrected chi connectivity index (χ1v) is 8.84. The summed E-state index contributed by atoms with van der Waals surface area (Å²) in [6.45, 7) is -0.0731. The summed E-state index contributed by atoms with van der Waals surface area (Å²) in [6.07, 6.45) is 0.773. The highest BCUT2D eigenvalue weighted by Gasteiger charge is 2.24. The van der Waals surface area contributed by atoms with Crippen LogP contribution in [0.15, 0.2) is 53.4 Å². The third-order valence-electron chi connectivity index (χ3n) is 3.50. The average Bonchev–Trinajstić information content (AvgIpc) is 2.58. The topological polar surface area (TPSA) is 90.2 Å². The molecule has 0 spiro atoms. The van der Waals surface area contributed by atoms with Gasteiger partial charge in [0, 0.05) is 12.6 Å². The van der Waals surface area contributed by atoms with Crippen molar-refractivity contribution < 1.29 is 17.9 Å². The molecule has 2 rings (SSSR count). The maximum Gasteiger partial charge on any atom is 0.244 e. The van der Waals surface area contributed by atoms with E-state index in [1.54, 1.807) is 36.4 Å². The summed E-state index contributed by atoms with van der Waals surface area (Å²) in [5.41, 5.74) is 0.773. The molecular formula is C17H17FN2O3S. The van der Waals surface area contributed by atoms with E-state index in [0.29, 0.717) is 12.8 Å². The van der Waals surface area contributed by atoms with Crippen LogP contribution in [0.5, 0.6) is 0 Å². The van der Waals surface area contributed by atoms with Crippen LogP contribution in [0.2, 0.25) is 0 Å². The van der Waals surface area contributed by atoms with Crippen molar-refractivity contribution in [2.45, 2.75) is 23.8 Å². The average molecular weight is 348 g/mol. The number of hydrogen-bond donors (Lipinski definition) is 2. The molecule has 1 unspecified atom stereocenters. The molecule has 5 nitrogen and oxygen atoms in total. The molecule has 0 radical (unpaired) electrons. The number of aliphatic hydroxyl groups is 1. The molecule has 0 heterocycles. The molecule has 0 saturated carbocycles. The van der Waals surface area contributed by atoms with Crippen LogP contribution in [0.3, 0.4) is 0 Å². The number of halogens is 1. The predicted molar refractivity (Wildman–Crippen MR) is 86.9 cm³/mol. The van der Waals surface area contributed by atoms with Gasteiger partial charge in [-0.3, -0.25) is 0 Å². The minimum absolute atomic E-state index is 0.0475. The van der Waals surface area contributed by atoms with Crippen molar-refractivity contribution in [1.82, 2.24) is 4.72 Å². The van der Waals surface area contributed by atoms with Gasteiger partial charge in [-0.25, -0.2) is 17.5 Å². The molecule has 7 heteroatoms. The van der Waals surface area contributed by atoms with Crippen molar-refractivity contribution in [3.05, 3.63) is 65.5 Å². The highest BCUT2D eigenvalue weighted by Crippen LogP contribution is 2.23. The zero-order chi connectivity index (χ0) is 17.6. The summed E-state index contributed by atoms with van der Waals surface area (Å²) in [5, 5.41) is 17.8. The first kappa shape index (κ1) is 18.1. The van der Waals surface area contributed by atoms with Crippen LogP contribution in [0.1, 0.15) is 30.0 Å². The molecule has 2 aromatic rings. The quantitative estimate of drug-likeness (QED) is 0.804. The zero-order valence-corrected chi connectivity index (χ0v) is 13.6. The van der Waals surface area contributed by atoms with Crippen LogP contribution in [0.25, 0.3) is 0 Å². The van der Waals surface area contributed by atoms with Crippen LogP contribution in [-0.4, -0.2) is 20.1 Å². The summed E-state index contributed by atoms with van der Waals surface area (Å²) >= 11 is 0. The van der Waals surface area contributed by atoms with E-state index in [9.17, 15) is 12.8 Å². The van der Waals surface area contributed by atoms with E-state index in [4.69, 9.17) is 10.4 Å². The molecule has 0 amide bonds. The summed E-state index contributed by atoms with van der Waals surface area (Å²) in [4.78, 5) is -0.508. The van der Waals surface area contributed by atoms with Crippen molar-refractivity contribution in [2.24, 2.45) is 0 Å². The lowest BCUT2D eigenvalue weighted by atomic mass is 10.0. The number of aliphatic hydroxyl groups excluding tert-OH is 1. The summed E-state index contributed by atoms with van der Waals surface area (Å²) < 4.78 is 41.5. The molecular weight excluding hydrogens is 331 g/mol. The summed E-state index contributed by atoms with van der Waals surface area (Å²) in [6, 6.07) is 13.3. The molecule has 2 aromatic carbocycles. The van der Waals surface area contributed by atoms with Crippen LogP contribution in [0, 0.1) is 17.1 Å². The summed E-state index contributed by atoms with van der Waals surface area (Å²) in [5.74, 6) is -0.976. The molecule has 0 aliphatic heterocycles. The minimum Gasteiger partial charge on any atom is -0.396 e. The Bertz CT molecular complexity index is 833. The molecule has 0 fully saturated rings. The summed E-state index contributed by atoms with van der Waals surface area (Å²) in [7, 11) is -4.11. The van der Waals surface area contributed by atoms with Crippen molar-refractivity contribution in [1.29, 1.82) is 5.26 Å². The van der Waals surface area contributed by atoms with Crippen LogP contribution in [-0.2, 0) is 10.0 Å². The van der Waals surface area contributed by atoms with Crippen molar-refractivity contribution in [3.63, 3.8) is 0 Å². The second kappa shape index (κ2) is 8.02. The molecule has 126 valence electrons. The van der Waals surface area contributed by atoms with Gasteiger partial charge in [0.2, 0.25) is 10.0 Å². The van der Waals surface area contributed by atoms with E-state index >= 15 is 0 Å². The Hall–Kier alpha value is -2.27. The van der Waals surface area contributed by atoms with Crippen molar-refractivity contribution in [2.75, 3.05) is 6.61 Å². The largest absolute Gasteiger partial charge is 0.396 e. The number of hydrogen-bond acceptors (Lipinski definition) is 4. The number of nitrogens with one attached hydrogen (secondary N) is 1. The third kappa shape index (κ3) is 4.38. The van der Waals surface area contributed by atoms with Gasteiger partial charge in [0.05, 0.1) is 11.6 Å². The fraction of sp³-hybridized carbons (Fsp3) is 0.235. The maximum atomic E-state index is 14.0. The Kier molecular flexibility index (Phi) is 6.04. The number of nitriles is 1. The highest BCUT2D eigenvalue weighted by molar-refractivity contribution is 7.89. The van der Waals surface area contributed by atoms with Gasteiger partial charge in [0.25, 0.3) is 0 Å². The number of sulfonamides is 1. The smallest absolute Gasteiger partial charge is 0.244 e. The second-order valence-electron chi connectivity index (χ2n) is 5.21. The maximum absolute atomic E-state index is 14.0. The molecule has 2 N–H and O–H groups in total. The van der Waals surface area contributed by atoms with E-state index in [2.05, 4.69) is 4.72 Å². The Labute approximate surface area is 140 Å². The normalized spacial score (nSPS) is 12.5. The Morgan fingerprint density at radius 3 is 2.50 bits per heavy atom. The number of benzene rings is 2. The minimum atomic E-state index is -4.11. The molecule has 0 bridgehead atoms. The van der Waals surface area contributed by atoms with Crippen molar-refractivity contribution >= 4 is 10.0 Å².